The average molecular weight is 407 g/mol. The Bertz CT molecular complexity index is 1330. The molecular weight excluding hydrogens is 386 g/mol. The largest absolute Gasteiger partial charge is 0.457 e. The first-order valence-electron chi connectivity index (χ1n) is 10.2. The van der Waals surface area contributed by atoms with E-state index < -0.39 is 0 Å². The standard InChI is InChI=1S/C26H21N3O2/c1-17-7-5-12-23-26(17)29-25(28-23)16-24(30)22-14-13-21(27-22)18-8-6-11-20(15-18)31-19-9-3-2-4-10-19/h2-13,15H,14,16H2,1H3,(H,28,29). The van der Waals surface area contributed by atoms with Gasteiger partial charge in [0, 0.05) is 12.0 Å². The van der Waals surface area contributed by atoms with Crippen LogP contribution in [0.15, 0.2) is 83.9 Å². The third-order valence-corrected chi connectivity index (χ3v) is 5.27. The number of ether oxygens (including phenoxy) is 1. The van der Waals surface area contributed by atoms with Crippen LogP contribution in [0.5, 0.6) is 11.5 Å². The van der Waals surface area contributed by atoms with Crippen LogP contribution in [-0.2, 0) is 11.2 Å². The highest BCUT2D eigenvalue weighted by molar-refractivity contribution is 6.42. The number of rotatable bonds is 6. The third-order valence-electron chi connectivity index (χ3n) is 5.27. The number of hydrogen-bond acceptors (Lipinski definition) is 4. The van der Waals surface area contributed by atoms with Gasteiger partial charge < -0.3 is 9.72 Å². The minimum atomic E-state index is -0.0142. The molecule has 0 amide bonds. The molecule has 0 saturated carbocycles. The molecule has 0 atom stereocenters. The van der Waals surface area contributed by atoms with Crippen LogP contribution in [0.4, 0.5) is 0 Å². The molecule has 1 N–H and O–H groups in total. The lowest BCUT2D eigenvalue weighted by Crippen LogP contribution is -2.15. The van der Waals surface area contributed by atoms with Gasteiger partial charge in [-0.25, -0.2) is 9.98 Å². The molecule has 31 heavy (non-hydrogen) atoms. The Hall–Kier alpha value is -3.99. The van der Waals surface area contributed by atoms with Gasteiger partial charge in [-0.05, 0) is 42.8 Å². The van der Waals surface area contributed by atoms with E-state index in [4.69, 9.17) is 4.74 Å². The van der Waals surface area contributed by atoms with Crippen LogP contribution in [0.1, 0.15) is 23.4 Å². The second-order valence-electron chi connectivity index (χ2n) is 7.55. The van der Waals surface area contributed by atoms with E-state index in [2.05, 4.69) is 15.0 Å². The number of carbonyl (C=O) groups is 1. The predicted octanol–water partition coefficient (Wildman–Crippen LogP) is 5.66. The summed E-state index contributed by atoms with van der Waals surface area (Å²) in [6, 6.07) is 23.4. The molecule has 0 saturated heterocycles. The summed E-state index contributed by atoms with van der Waals surface area (Å²) in [4.78, 5) is 25.2. The van der Waals surface area contributed by atoms with Crippen LogP contribution in [0.2, 0.25) is 0 Å². The fourth-order valence-corrected chi connectivity index (χ4v) is 3.70. The summed E-state index contributed by atoms with van der Waals surface area (Å²) in [5, 5.41) is 0. The molecule has 152 valence electrons. The van der Waals surface area contributed by atoms with Crippen molar-refractivity contribution in [2.24, 2.45) is 4.99 Å². The molecule has 4 aromatic rings. The Morgan fingerprint density at radius 2 is 1.81 bits per heavy atom. The Balaban J connectivity index is 1.31. The smallest absolute Gasteiger partial charge is 0.184 e. The van der Waals surface area contributed by atoms with Gasteiger partial charge in [0.25, 0.3) is 0 Å². The van der Waals surface area contributed by atoms with Gasteiger partial charge in [-0.2, -0.15) is 0 Å². The highest BCUT2D eigenvalue weighted by Crippen LogP contribution is 2.28. The fourth-order valence-electron chi connectivity index (χ4n) is 3.70. The zero-order valence-corrected chi connectivity index (χ0v) is 17.1. The summed E-state index contributed by atoms with van der Waals surface area (Å²) >= 11 is 0. The molecule has 2 heterocycles. The number of nitrogens with zero attached hydrogens (tertiary/aromatic N) is 2. The maximum absolute atomic E-state index is 12.8. The molecule has 1 aliphatic heterocycles. The van der Waals surface area contributed by atoms with E-state index in [0.29, 0.717) is 18.0 Å². The lowest BCUT2D eigenvalue weighted by molar-refractivity contribution is -0.112. The average Bonchev–Trinajstić information content (AvgIpc) is 3.43. The monoisotopic (exact) mass is 407 g/mol. The van der Waals surface area contributed by atoms with Crippen LogP contribution < -0.4 is 4.74 Å². The van der Waals surface area contributed by atoms with Gasteiger partial charge in [-0.3, -0.25) is 4.79 Å². The predicted molar refractivity (Wildman–Crippen MR) is 123 cm³/mol. The minimum absolute atomic E-state index is 0.0142. The number of nitrogens with one attached hydrogen (secondary N) is 1. The number of H-pyrrole nitrogens is 1. The molecule has 0 unspecified atom stereocenters. The SMILES string of the molecule is Cc1cccc2[nH]c(CC(=O)C3=NC(c4cccc(Oc5ccccc5)c4)=CC3)nc12. The molecule has 1 aromatic heterocycles. The number of aromatic amines is 1. The molecule has 5 nitrogen and oxygen atoms in total. The normalized spacial score (nSPS) is 13.2. The lowest BCUT2D eigenvalue weighted by Gasteiger charge is -2.07. The van der Waals surface area contributed by atoms with Crippen LogP contribution >= 0.6 is 0 Å². The number of para-hydroxylation sites is 2. The van der Waals surface area contributed by atoms with E-state index in [1.54, 1.807) is 0 Å². The van der Waals surface area contributed by atoms with E-state index in [9.17, 15) is 4.79 Å². The van der Waals surface area contributed by atoms with E-state index in [1.807, 2.05) is 85.8 Å². The number of aromatic nitrogens is 2. The summed E-state index contributed by atoms with van der Waals surface area (Å²) in [5.74, 6) is 2.17. The van der Waals surface area contributed by atoms with Gasteiger partial charge in [0.05, 0.1) is 28.9 Å². The Morgan fingerprint density at radius 3 is 2.65 bits per heavy atom. The summed E-state index contributed by atoms with van der Waals surface area (Å²) in [6.45, 7) is 2.02. The number of ketones is 1. The minimum Gasteiger partial charge on any atom is -0.457 e. The highest BCUT2D eigenvalue weighted by Gasteiger charge is 2.19. The summed E-state index contributed by atoms with van der Waals surface area (Å²) < 4.78 is 5.92. The van der Waals surface area contributed by atoms with Crippen LogP contribution in [-0.4, -0.2) is 21.5 Å². The summed E-state index contributed by atoms with van der Waals surface area (Å²) in [6.07, 6.45) is 2.72. The first-order valence-corrected chi connectivity index (χ1v) is 10.2. The van der Waals surface area contributed by atoms with Crippen molar-refractivity contribution in [1.82, 2.24) is 9.97 Å². The third kappa shape index (κ3) is 4.03. The quantitative estimate of drug-likeness (QED) is 0.448. The van der Waals surface area contributed by atoms with Crippen LogP contribution in [0, 0.1) is 6.92 Å². The van der Waals surface area contributed by atoms with E-state index in [0.717, 1.165) is 39.4 Å². The maximum Gasteiger partial charge on any atom is 0.184 e. The van der Waals surface area contributed by atoms with Crippen molar-refractivity contribution in [2.45, 2.75) is 19.8 Å². The van der Waals surface area contributed by atoms with Crippen molar-refractivity contribution >= 4 is 28.2 Å². The number of imidazole rings is 1. The first kappa shape index (κ1) is 19.0. The molecule has 0 radical (unpaired) electrons. The highest BCUT2D eigenvalue weighted by atomic mass is 16.5. The molecule has 0 fully saturated rings. The van der Waals surface area contributed by atoms with Gasteiger partial charge >= 0.3 is 0 Å². The van der Waals surface area contributed by atoms with Crippen molar-refractivity contribution in [1.29, 1.82) is 0 Å². The Labute approximate surface area is 180 Å². The molecular formula is C26H21N3O2. The number of Topliss-reactive ketones (excluding diaryl/α,β-unsaturated/α-hetero) is 1. The second-order valence-corrected chi connectivity index (χ2v) is 7.55. The van der Waals surface area contributed by atoms with Crippen molar-refractivity contribution in [3.63, 3.8) is 0 Å². The number of benzene rings is 3. The van der Waals surface area contributed by atoms with Gasteiger partial charge in [0.15, 0.2) is 5.78 Å². The number of allylic oxidation sites excluding steroid dienone is 1. The van der Waals surface area contributed by atoms with E-state index in [1.165, 1.54) is 0 Å². The topological polar surface area (TPSA) is 67.3 Å². The van der Waals surface area contributed by atoms with Crippen molar-refractivity contribution in [3.05, 3.63) is 95.8 Å². The summed E-state index contributed by atoms with van der Waals surface area (Å²) in [7, 11) is 0. The summed E-state index contributed by atoms with van der Waals surface area (Å²) in [5.41, 5.74) is 5.23. The number of carbonyl (C=O) groups excluding carboxylic acids is 1. The van der Waals surface area contributed by atoms with E-state index in [-0.39, 0.29) is 12.2 Å². The lowest BCUT2D eigenvalue weighted by atomic mass is 10.1. The van der Waals surface area contributed by atoms with Crippen LogP contribution in [0.25, 0.3) is 16.7 Å². The van der Waals surface area contributed by atoms with Crippen molar-refractivity contribution < 1.29 is 9.53 Å². The van der Waals surface area contributed by atoms with Crippen molar-refractivity contribution in [2.75, 3.05) is 0 Å². The van der Waals surface area contributed by atoms with Gasteiger partial charge in [0.1, 0.15) is 17.3 Å². The number of fused-ring (bicyclic) bond motifs is 1. The van der Waals surface area contributed by atoms with Gasteiger partial charge in [0.2, 0.25) is 0 Å². The van der Waals surface area contributed by atoms with E-state index >= 15 is 0 Å². The number of aliphatic imine (C=N–C) groups is 1. The maximum atomic E-state index is 12.8. The molecule has 5 heteroatoms. The molecule has 5 rings (SSSR count). The van der Waals surface area contributed by atoms with Gasteiger partial charge in [-0.1, -0.05) is 48.5 Å². The Morgan fingerprint density at radius 1 is 1.00 bits per heavy atom. The molecule has 3 aromatic carbocycles. The van der Waals surface area contributed by atoms with Gasteiger partial charge in [-0.15, -0.1) is 0 Å². The molecule has 1 aliphatic rings. The molecule has 0 bridgehead atoms. The molecule has 0 spiro atoms. The van der Waals surface area contributed by atoms with Crippen molar-refractivity contribution in [3.8, 4) is 11.5 Å². The zero-order valence-electron chi connectivity index (χ0n) is 17.1. The zero-order chi connectivity index (χ0) is 21.2. The fraction of sp³-hybridized carbons (Fsp3) is 0.115. The molecule has 0 aliphatic carbocycles. The second kappa shape index (κ2) is 8.03. The Kier molecular flexibility index (Phi) is 4.92. The number of hydrogen-bond donors (Lipinski definition) is 1. The first-order chi connectivity index (χ1) is 15.2. The number of aryl methyl sites for hydroxylation is 1. The van der Waals surface area contributed by atoms with Crippen LogP contribution in [0.3, 0.4) is 0 Å².